The van der Waals surface area contributed by atoms with E-state index < -0.39 is 0 Å². The van der Waals surface area contributed by atoms with Crippen LogP contribution in [0.4, 0.5) is 0 Å². The zero-order chi connectivity index (χ0) is 18.6. The van der Waals surface area contributed by atoms with Crippen molar-refractivity contribution in [1.29, 1.82) is 0 Å². The lowest BCUT2D eigenvalue weighted by molar-refractivity contribution is -0.140. The summed E-state index contributed by atoms with van der Waals surface area (Å²) in [6.07, 6.45) is 2.95. The topological polar surface area (TPSA) is 44.1 Å². The first-order valence-corrected chi connectivity index (χ1v) is 9.29. The average Bonchev–Trinajstić information content (AvgIpc) is 3.08. The van der Waals surface area contributed by atoms with Crippen molar-refractivity contribution in [1.82, 2.24) is 9.55 Å². The molecule has 0 amide bonds. The predicted molar refractivity (Wildman–Crippen MR) is 108 cm³/mol. The highest BCUT2D eigenvalue weighted by Crippen LogP contribution is 2.28. The maximum atomic E-state index is 11.4. The van der Waals surface area contributed by atoms with Crippen molar-refractivity contribution in [3.63, 3.8) is 0 Å². The van der Waals surface area contributed by atoms with Crippen LogP contribution in [0.3, 0.4) is 0 Å². The second kappa shape index (κ2) is 7.62. The standard InChI is InChI=1S/C23H22N2O2/c1-27-23(26)16-7-6-15-22-24-19-12-4-5-13-21(19)25(22)20-14-8-10-17-9-2-3-11-18(17)20/h2-5,8-14H,6-7,15-16H2,1H3. The van der Waals surface area contributed by atoms with E-state index in [1.165, 1.54) is 17.9 Å². The van der Waals surface area contributed by atoms with Crippen molar-refractivity contribution in [3.8, 4) is 5.69 Å². The molecule has 1 aromatic heterocycles. The van der Waals surface area contributed by atoms with E-state index in [-0.39, 0.29) is 5.97 Å². The summed E-state index contributed by atoms with van der Waals surface area (Å²) < 4.78 is 6.99. The molecule has 4 aromatic rings. The van der Waals surface area contributed by atoms with Crippen molar-refractivity contribution >= 4 is 27.8 Å². The molecule has 1 heterocycles. The smallest absolute Gasteiger partial charge is 0.305 e. The minimum absolute atomic E-state index is 0.155. The molecule has 0 unspecified atom stereocenters. The van der Waals surface area contributed by atoms with Gasteiger partial charge in [-0.2, -0.15) is 0 Å². The van der Waals surface area contributed by atoms with Gasteiger partial charge in [0, 0.05) is 18.2 Å². The SMILES string of the molecule is COC(=O)CCCCc1nc2ccccc2n1-c1cccc2ccccc12. The Labute approximate surface area is 158 Å². The molecule has 4 heteroatoms. The quantitative estimate of drug-likeness (QED) is 0.357. The van der Waals surface area contributed by atoms with Crippen molar-refractivity contribution in [2.45, 2.75) is 25.7 Å². The molecule has 0 atom stereocenters. The first kappa shape index (κ1) is 17.3. The van der Waals surface area contributed by atoms with Gasteiger partial charge in [-0.3, -0.25) is 9.36 Å². The Kier molecular flexibility index (Phi) is 4.88. The summed E-state index contributed by atoms with van der Waals surface area (Å²) >= 11 is 0. The predicted octanol–water partition coefficient (Wildman–Crippen LogP) is 5.06. The number of aryl methyl sites for hydroxylation is 1. The number of aromatic nitrogens is 2. The van der Waals surface area contributed by atoms with Crippen molar-refractivity contribution in [2.24, 2.45) is 0 Å². The monoisotopic (exact) mass is 358 g/mol. The fourth-order valence-corrected chi connectivity index (χ4v) is 3.57. The van der Waals surface area contributed by atoms with E-state index >= 15 is 0 Å². The number of rotatable bonds is 6. The molecule has 0 aliphatic heterocycles. The fraction of sp³-hybridized carbons (Fsp3) is 0.217. The number of unbranched alkanes of at least 4 members (excludes halogenated alkanes) is 1. The molecule has 0 fully saturated rings. The summed E-state index contributed by atoms with van der Waals surface area (Å²) in [7, 11) is 1.43. The second-order valence-corrected chi connectivity index (χ2v) is 6.63. The maximum Gasteiger partial charge on any atom is 0.305 e. The van der Waals surface area contributed by atoms with Crippen LogP contribution in [0.15, 0.2) is 66.7 Å². The molecule has 0 N–H and O–H groups in total. The molecule has 3 aromatic carbocycles. The number of hydrogen-bond donors (Lipinski definition) is 0. The van der Waals surface area contributed by atoms with Crippen LogP contribution in [-0.2, 0) is 16.0 Å². The molecule has 4 rings (SSSR count). The van der Waals surface area contributed by atoms with Crippen molar-refractivity contribution in [3.05, 3.63) is 72.6 Å². The molecule has 0 spiro atoms. The number of carbonyl (C=O) groups is 1. The largest absolute Gasteiger partial charge is 0.469 e. The van der Waals surface area contributed by atoms with E-state index in [1.54, 1.807) is 0 Å². The highest BCUT2D eigenvalue weighted by molar-refractivity contribution is 5.92. The number of carbonyl (C=O) groups excluding carboxylic acids is 1. The summed E-state index contributed by atoms with van der Waals surface area (Å²) in [4.78, 5) is 16.2. The normalized spacial score (nSPS) is 11.1. The number of para-hydroxylation sites is 2. The van der Waals surface area contributed by atoms with Crippen LogP contribution in [0.1, 0.15) is 25.1 Å². The number of esters is 1. The lowest BCUT2D eigenvalue weighted by Crippen LogP contribution is -2.04. The van der Waals surface area contributed by atoms with Crippen molar-refractivity contribution in [2.75, 3.05) is 7.11 Å². The molecular formula is C23H22N2O2. The third kappa shape index (κ3) is 3.43. The minimum Gasteiger partial charge on any atom is -0.469 e. The number of benzene rings is 3. The number of imidazole rings is 1. The Bertz CT molecular complexity index is 1090. The summed E-state index contributed by atoms with van der Waals surface area (Å²) in [6, 6.07) is 23.0. The third-order valence-electron chi connectivity index (χ3n) is 4.90. The van der Waals surface area contributed by atoms with Gasteiger partial charge in [0.15, 0.2) is 0 Å². The van der Waals surface area contributed by atoms with Gasteiger partial charge in [0.05, 0.1) is 23.8 Å². The van der Waals surface area contributed by atoms with Crippen LogP contribution in [0.5, 0.6) is 0 Å². The van der Waals surface area contributed by atoms with Gasteiger partial charge in [0.1, 0.15) is 5.82 Å². The molecule has 4 nitrogen and oxygen atoms in total. The van der Waals surface area contributed by atoms with Crippen LogP contribution in [0, 0.1) is 0 Å². The van der Waals surface area contributed by atoms with Crippen LogP contribution in [0.2, 0.25) is 0 Å². The first-order valence-electron chi connectivity index (χ1n) is 9.29. The third-order valence-corrected chi connectivity index (χ3v) is 4.90. The van der Waals surface area contributed by atoms with Gasteiger partial charge in [0.2, 0.25) is 0 Å². The summed E-state index contributed by atoms with van der Waals surface area (Å²) in [5.41, 5.74) is 3.25. The lowest BCUT2D eigenvalue weighted by Gasteiger charge is -2.12. The highest BCUT2D eigenvalue weighted by atomic mass is 16.5. The highest BCUT2D eigenvalue weighted by Gasteiger charge is 2.14. The number of fused-ring (bicyclic) bond motifs is 2. The second-order valence-electron chi connectivity index (χ2n) is 6.63. The molecule has 0 saturated carbocycles. The van der Waals surface area contributed by atoms with Gasteiger partial charge in [-0.15, -0.1) is 0 Å². The van der Waals surface area contributed by atoms with Gasteiger partial charge in [-0.05, 0) is 36.4 Å². The number of hydrogen-bond acceptors (Lipinski definition) is 3. The average molecular weight is 358 g/mol. The van der Waals surface area contributed by atoms with Crippen LogP contribution >= 0.6 is 0 Å². The molecule has 27 heavy (non-hydrogen) atoms. The zero-order valence-corrected chi connectivity index (χ0v) is 15.4. The van der Waals surface area contributed by atoms with Gasteiger partial charge >= 0.3 is 5.97 Å². The molecule has 0 saturated heterocycles. The van der Waals surface area contributed by atoms with Crippen LogP contribution in [-0.4, -0.2) is 22.6 Å². The summed E-state index contributed by atoms with van der Waals surface area (Å²) in [6.45, 7) is 0. The minimum atomic E-state index is -0.155. The maximum absolute atomic E-state index is 11.4. The van der Waals surface area contributed by atoms with E-state index in [1.807, 2.05) is 12.1 Å². The number of ether oxygens (including phenoxy) is 1. The molecule has 0 aliphatic carbocycles. The van der Waals surface area contributed by atoms with Crippen molar-refractivity contribution < 1.29 is 9.53 Å². The Hall–Kier alpha value is -3.14. The molecule has 0 radical (unpaired) electrons. The zero-order valence-electron chi connectivity index (χ0n) is 15.4. The van der Waals surface area contributed by atoms with Crippen LogP contribution < -0.4 is 0 Å². The fourth-order valence-electron chi connectivity index (χ4n) is 3.57. The van der Waals surface area contributed by atoms with E-state index in [2.05, 4.69) is 59.2 Å². The van der Waals surface area contributed by atoms with Gasteiger partial charge in [-0.25, -0.2) is 4.98 Å². The van der Waals surface area contributed by atoms with Gasteiger partial charge in [-0.1, -0.05) is 48.5 Å². The van der Waals surface area contributed by atoms with Gasteiger partial charge < -0.3 is 4.74 Å². The Morgan fingerprint density at radius 2 is 1.74 bits per heavy atom. The lowest BCUT2D eigenvalue weighted by atomic mass is 10.1. The van der Waals surface area contributed by atoms with E-state index in [4.69, 9.17) is 9.72 Å². The Morgan fingerprint density at radius 1 is 0.963 bits per heavy atom. The van der Waals surface area contributed by atoms with E-state index in [0.29, 0.717) is 6.42 Å². The Balaban J connectivity index is 1.75. The summed E-state index contributed by atoms with van der Waals surface area (Å²) in [5.74, 6) is 0.870. The van der Waals surface area contributed by atoms with Crippen LogP contribution in [0.25, 0.3) is 27.5 Å². The molecule has 136 valence electrons. The van der Waals surface area contributed by atoms with Gasteiger partial charge in [0.25, 0.3) is 0 Å². The number of nitrogens with zero attached hydrogens (tertiary/aromatic N) is 2. The molecule has 0 bridgehead atoms. The summed E-state index contributed by atoms with van der Waals surface area (Å²) in [5, 5.41) is 2.42. The molecule has 0 aliphatic rings. The number of methoxy groups -OCH3 is 1. The van der Waals surface area contributed by atoms with E-state index in [9.17, 15) is 4.79 Å². The first-order chi connectivity index (χ1) is 13.3. The molecular weight excluding hydrogens is 336 g/mol. The Morgan fingerprint density at radius 3 is 2.63 bits per heavy atom. The van der Waals surface area contributed by atoms with E-state index in [0.717, 1.165) is 41.8 Å².